The molecule has 0 unspecified atom stereocenters. The van der Waals surface area contributed by atoms with Gasteiger partial charge >= 0.3 is 0 Å². The van der Waals surface area contributed by atoms with Gasteiger partial charge in [-0.2, -0.15) is 0 Å². The van der Waals surface area contributed by atoms with E-state index in [0.29, 0.717) is 25.0 Å². The molecule has 4 aliphatic carbocycles. The Morgan fingerprint density at radius 1 is 0.750 bits per heavy atom. The highest BCUT2D eigenvalue weighted by Crippen LogP contribution is 2.76. The number of nitrogens with one attached hydrogen (secondary N) is 2. The van der Waals surface area contributed by atoms with Gasteiger partial charge in [0.2, 0.25) is 0 Å². The Labute approximate surface area is 166 Å². The van der Waals surface area contributed by atoms with Crippen molar-refractivity contribution in [1.82, 2.24) is 10.9 Å². The van der Waals surface area contributed by atoms with Crippen LogP contribution < -0.4 is 10.9 Å². The van der Waals surface area contributed by atoms with Crippen LogP contribution in [-0.2, 0) is 19.1 Å². The van der Waals surface area contributed by atoms with Crippen molar-refractivity contribution in [3.05, 3.63) is 0 Å². The number of carbonyl (C=O) groups excluding carboxylic acids is 2. The first kappa shape index (κ1) is 17.7. The van der Waals surface area contributed by atoms with Gasteiger partial charge in [-0.1, -0.05) is 27.7 Å². The normalized spacial score (nSPS) is 59.9. The van der Waals surface area contributed by atoms with E-state index in [1.807, 2.05) is 0 Å². The Hall–Kier alpha value is -1.14. The summed E-state index contributed by atoms with van der Waals surface area (Å²) in [4.78, 5) is 26.6. The Kier molecular flexibility index (Phi) is 2.92. The van der Waals surface area contributed by atoms with Gasteiger partial charge in [-0.25, -0.2) is 0 Å². The van der Waals surface area contributed by atoms with Crippen LogP contribution in [0, 0.1) is 33.5 Å². The van der Waals surface area contributed by atoms with Gasteiger partial charge in [-0.3, -0.25) is 20.4 Å². The predicted molar refractivity (Wildman–Crippen MR) is 101 cm³/mol. The number of hydrogen-bond donors (Lipinski definition) is 2. The minimum atomic E-state index is -0.806. The Balaban J connectivity index is 1.22. The second-order valence-corrected chi connectivity index (χ2v) is 11.5. The number of rotatable bonds is 2. The van der Waals surface area contributed by atoms with Gasteiger partial charge in [0, 0.05) is 21.7 Å². The van der Waals surface area contributed by atoms with Crippen LogP contribution in [0.5, 0.6) is 0 Å². The summed E-state index contributed by atoms with van der Waals surface area (Å²) >= 11 is 0. The molecular weight excluding hydrogens is 356 g/mol. The fourth-order valence-corrected chi connectivity index (χ4v) is 8.83. The van der Waals surface area contributed by atoms with Crippen molar-refractivity contribution in [2.24, 2.45) is 33.5 Å². The third kappa shape index (κ3) is 1.42. The van der Waals surface area contributed by atoms with Crippen LogP contribution in [0.25, 0.3) is 0 Å². The Morgan fingerprint density at radius 3 is 1.46 bits per heavy atom. The van der Waals surface area contributed by atoms with Gasteiger partial charge in [-0.05, 0) is 50.4 Å². The van der Waals surface area contributed by atoms with Crippen molar-refractivity contribution in [2.75, 3.05) is 13.2 Å². The van der Waals surface area contributed by atoms with E-state index in [-0.39, 0.29) is 33.5 Å². The lowest BCUT2D eigenvalue weighted by Crippen LogP contribution is -2.63. The van der Waals surface area contributed by atoms with Gasteiger partial charge in [-0.15, -0.1) is 0 Å². The molecule has 2 heterocycles. The van der Waals surface area contributed by atoms with E-state index in [1.165, 1.54) is 12.8 Å². The highest BCUT2D eigenvalue weighted by molar-refractivity contribution is 5.93. The quantitative estimate of drug-likeness (QED) is 0.712. The second kappa shape index (κ2) is 4.61. The summed E-state index contributed by atoms with van der Waals surface area (Å²) in [6.45, 7) is 10.2. The number of carbonyl (C=O) groups is 2. The molecule has 154 valence electrons. The van der Waals surface area contributed by atoms with Gasteiger partial charge < -0.3 is 9.47 Å². The van der Waals surface area contributed by atoms with Crippen LogP contribution in [0.3, 0.4) is 0 Å². The van der Waals surface area contributed by atoms with E-state index in [0.717, 1.165) is 25.7 Å². The lowest BCUT2D eigenvalue weighted by Gasteiger charge is -2.41. The van der Waals surface area contributed by atoms with Crippen LogP contribution >= 0.6 is 0 Å². The smallest absolute Gasteiger partial charge is 0.271 e. The number of amides is 2. The molecule has 0 aromatic heterocycles. The molecule has 28 heavy (non-hydrogen) atoms. The molecular formula is C22H32N2O4. The molecule has 6 nitrogen and oxygen atoms in total. The van der Waals surface area contributed by atoms with Crippen molar-refractivity contribution >= 4 is 11.8 Å². The summed E-state index contributed by atoms with van der Waals surface area (Å²) in [7, 11) is 0. The van der Waals surface area contributed by atoms with Crippen LogP contribution in [0.15, 0.2) is 0 Å². The standard InChI is InChI=1S/C22H32N2O4/c1-17-11-27-21(9-13(17)5-7-19(17,21)3)15(25)23-24-16(26)22-10-14-6-8-20(22,4)18(14,2)12-28-22/h13-14H,5-12H2,1-4H3,(H,23,25)(H,24,26)/t13-,14-,17-,18+,19+,20+,21-,22+/m1/s1. The molecule has 2 aliphatic heterocycles. The maximum absolute atomic E-state index is 13.3. The largest absolute Gasteiger partial charge is 0.364 e. The van der Waals surface area contributed by atoms with Crippen LogP contribution in [0.2, 0.25) is 0 Å². The molecule has 6 aliphatic rings. The monoisotopic (exact) mass is 388 g/mol. The molecule has 2 saturated heterocycles. The van der Waals surface area contributed by atoms with E-state index < -0.39 is 11.2 Å². The first-order chi connectivity index (χ1) is 13.1. The van der Waals surface area contributed by atoms with Gasteiger partial charge in [0.05, 0.1) is 13.2 Å². The molecule has 0 aromatic rings. The molecule has 6 rings (SSSR count). The zero-order chi connectivity index (χ0) is 19.8. The van der Waals surface area contributed by atoms with Gasteiger partial charge in [0.15, 0.2) is 11.2 Å². The number of hydrogen-bond acceptors (Lipinski definition) is 4. The van der Waals surface area contributed by atoms with Crippen LogP contribution in [0.4, 0.5) is 0 Å². The molecule has 0 aromatic carbocycles. The fraction of sp³-hybridized carbons (Fsp3) is 0.909. The number of hydrazine groups is 1. The number of ether oxygens (including phenoxy) is 2. The molecule has 8 bridgehead atoms. The first-order valence-electron chi connectivity index (χ1n) is 11.0. The van der Waals surface area contributed by atoms with E-state index in [9.17, 15) is 9.59 Å². The summed E-state index contributed by atoms with van der Waals surface area (Å²) in [5.41, 5.74) is 3.76. The second-order valence-electron chi connectivity index (χ2n) is 11.5. The summed E-state index contributed by atoms with van der Waals surface area (Å²) in [6.07, 6.45) is 5.91. The molecule has 6 fully saturated rings. The van der Waals surface area contributed by atoms with Crippen molar-refractivity contribution < 1.29 is 19.1 Å². The van der Waals surface area contributed by atoms with E-state index in [1.54, 1.807) is 0 Å². The molecule has 8 atom stereocenters. The maximum Gasteiger partial charge on any atom is 0.271 e. The summed E-state index contributed by atoms with van der Waals surface area (Å²) in [5.74, 6) is 0.712. The highest BCUT2D eigenvalue weighted by atomic mass is 16.5. The van der Waals surface area contributed by atoms with E-state index in [2.05, 4.69) is 38.5 Å². The molecule has 4 saturated carbocycles. The van der Waals surface area contributed by atoms with Crippen molar-refractivity contribution in [3.8, 4) is 0 Å². The summed E-state index contributed by atoms with van der Waals surface area (Å²) in [5, 5.41) is 0. The third-order valence-corrected chi connectivity index (χ3v) is 11.4. The maximum atomic E-state index is 13.3. The summed E-state index contributed by atoms with van der Waals surface area (Å²) < 4.78 is 12.3. The SMILES string of the molecule is C[C@@]12CC[C@@H]3C[C@@]1(C(=O)NNC(=O)[C@]14C[C@H]5CC[C@@]1(C)[C@]5(C)CO4)OC[C@@]32C. The van der Waals surface area contributed by atoms with E-state index in [4.69, 9.17) is 9.47 Å². The minimum absolute atomic E-state index is 0.0709. The fourth-order valence-electron chi connectivity index (χ4n) is 8.83. The molecule has 2 amide bonds. The van der Waals surface area contributed by atoms with Crippen LogP contribution in [-0.4, -0.2) is 36.2 Å². The van der Waals surface area contributed by atoms with Crippen molar-refractivity contribution in [2.45, 2.75) is 77.4 Å². The Morgan fingerprint density at radius 2 is 1.14 bits per heavy atom. The zero-order valence-corrected chi connectivity index (χ0v) is 17.4. The highest BCUT2D eigenvalue weighted by Gasteiger charge is 2.80. The molecule has 0 radical (unpaired) electrons. The van der Waals surface area contributed by atoms with Gasteiger partial charge in [0.1, 0.15) is 0 Å². The molecule has 0 spiro atoms. The van der Waals surface area contributed by atoms with Crippen LogP contribution in [0.1, 0.15) is 66.2 Å². The lowest BCUT2D eigenvalue weighted by atomic mass is 9.66. The van der Waals surface area contributed by atoms with Crippen molar-refractivity contribution in [3.63, 3.8) is 0 Å². The Bertz CT molecular complexity index is 750. The predicted octanol–water partition coefficient (Wildman–Crippen LogP) is 2.32. The topological polar surface area (TPSA) is 76.7 Å². The van der Waals surface area contributed by atoms with Gasteiger partial charge in [0.25, 0.3) is 11.8 Å². The zero-order valence-electron chi connectivity index (χ0n) is 17.4. The average Bonchev–Trinajstić information content (AvgIpc) is 3.35. The molecule has 6 heteroatoms. The lowest BCUT2D eigenvalue weighted by molar-refractivity contribution is -0.164. The van der Waals surface area contributed by atoms with E-state index >= 15 is 0 Å². The average molecular weight is 389 g/mol. The van der Waals surface area contributed by atoms with Crippen molar-refractivity contribution in [1.29, 1.82) is 0 Å². The molecule has 2 N–H and O–H groups in total. The third-order valence-electron chi connectivity index (χ3n) is 11.4. The first-order valence-corrected chi connectivity index (χ1v) is 11.0. The minimum Gasteiger partial charge on any atom is -0.364 e. The summed E-state index contributed by atoms with van der Waals surface area (Å²) in [6, 6.07) is 0.